The van der Waals surface area contributed by atoms with Crippen molar-refractivity contribution >= 4 is 38.0 Å². The van der Waals surface area contributed by atoms with Gasteiger partial charge in [0.05, 0.1) is 11.5 Å². The Morgan fingerprint density at radius 2 is 1.53 bits per heavy atom. The molecule has 0 saturated carbocycles. The first kappa shape index (κ1) is 40.3. The molecule has 0 amide bonds. The Balaban J connectivity index is 0.000000347. The van der Waals surface area contributed by atoms with Crippen molar-refractivity contribution in [3.63, 3.8) is 0 Å². The molecule has 1 N–H and O–H groups in total. The molecule has 0 aliphatic carbocycles. The van der Waals surface area contributed by atoms with E-state index in [0.29, 0.717) is 5.92 Å². The van der Waals surface area contributed by atoms with Gasteiger partial charge in [0, 0.05) is 54.0 Å². The minimum absolute atomic E-state index is 0. The van der Waals surface area contributed by atoms with Crippen LogP contribution in [0.2, 0.25) is 0 Å². The molecule has 0 bridgehead atoms. The van der Waals surface area contributed by atoms with E-state index in [1.807, 2.05) is 27.7 Å². The summed E-state index contributed by atoms with van der Waals surface area (Å²) in [5.41, 5.74) is 6.77. The molecule has 0 saturated heterocycles. The zero-order chi connectivity index (χ0) is 35.0. The summed E-state index contributed by atoms with van der Waals surface area (Å²) in [6.45, 7) is 19.4. The summed E-state index contributed by atoms with van der Waals surface area (Å²) < 4.78 is 1.32. The minimum Gasteiger partial charge on any atom is -0.512 e. The number of aliphatic hydroxyl groups is 1. The second kappa shape index (κ2) is 18.2. The van der Waals surface area contributed by atoms with Crippen molar-refractivity contribution in [2.24, 2.45) is 17.8 Å². The number of allylic oxidation sites excluding steroid dienone is 2. The zero-order valence-corrected chi connectivity index (χ0v) is 33.9. The van der Waals surface area contributed by atoms with E-state index in [2.05, 4.69) is 111 Å². The van der Waals surface area contributed by atoms with E-state index in [9.17, 15) is 9.90 Å². The van der Waals surface area contributed by atoms with Crippen molar-refractivity contribution in [3.8, 4) is 22.5 Å². The van der Waals surface area contributed by atoms with E-state index >= 15 is 0 Å². The maximum atomic E-state index is 11.7. The van der Waals surface area contributed by atoms with Crippen molar-refractivity contribution in [1.82, 2.24) is 9.97 Å². The molecular weight excluding hydrogens is 801 g/mol. The van der Waals surface area contributed by atoms with Crippen LogP contribution in [0.4, 0.5) is 0 Å². The number of aliphatic hydroxyl groups excluding tert-OH is 1. The molecule has 263 valence electrons. The summed E-state index contributed by atoms with van der Waals surface area (Å²) in [7, 11) is 0. The van der Waals surface area contributed by atoms with Crippen molar-refractivity contribution in [3.05, 3.63) is 95.3 Å². The molecule has 2 aromatic heterocycles. The van der Waals surface area contributed by atoms with E-state index in [-0.39, 0.29) is 48.9 Å². The number of fused-ring (bicyclic) bond motifs is 2. The van der Waals surface area contributed by atoms with Crippen LogP contribution in [-0.2, 0) is 36.7 Å². The topological polar surface area (TPSA) is 63.1 Å². The molecule has 6 heteroatoms. The molecular formula is C43H53IrN2O2S-. The smallest absolute Gasteiger partial charge is 0.162 e. The fourth-order valence-electron chi connectivity index (χ4n) is 6.33. The maximum Gasteiger partial charge on any atom is 0.162 e. The third kappa shape index (κ3) is 10.2. The maximum absolute atomic E-state index is 11.7. The number of ketones is 1. The van der Waals surface area contributed by atoms with Gasteiger partial charge in [-0.05, 0) is 84.0 Å². The molecule has 3 aromatic carbocycles. The van der Waals surface area contributed by atoms with E-state index in [0.717, 1.165) is 60.0 Å². The average molecular weight is 854 g/mol. The zero-order valence-electron chi connectivity index (χ0n) is 30.7. The number of rotatable bonds is 11. The second-order valence-electron chi connectivity index (χ2n) is 14.2. The van der Waals surface area contributed by atoms with Crippen molar-refractivity contribution in [2.45, 2.75) is 99.8 Å². The monoisotopic (exact) mass is 854 g/mol. The summed E-state index contributed by atoms with van der Waals surface area (Å²) in [5.74, 6) is 1.15. The fraction of sp³-hybridized carbons (Fsp3) is 0.419. The summed E-state index contributed by atoms with van der Waals surface area (Å²) in [5, 5.41) is 15.7. The molecule has 5 rings (SSSR count). The first-order valence-corrected chi connectivity index (χ1v) is 18.5. The van der Waals surface area contributed by atoms with Crippen LogP contribution in [0, 0.1) is 23.8 Å². The number of aromatic nitrogens is 2. The van der Waals surface area contributed by atoms with Crippen LogP contribution < -0.4 is 0 Å². The Morgan fingerprint density at radius 1 is 0.878 bits per heavy atom. The first-order valence-electron chi connectivity index (χ1n) is 17.6. The van der Waals surface area contributed by atoms with Crippen molar-refractivity contribution < 1.29 is 30.0 Å². The van der Waals surface area contributed by atoms with Crippen LogP contribution >= 0.6 is 11.3 Å². The fourth-order valence-corrected chi connectivity index (χ4v) is 7.21. The van der Waals surface area contributed by atoms with E-state index in [1.54, 1.807) is 17.7 Å². The average Bonchev–Trinajstić information content (AvgIpc) is 3.54. The van der Waals surface area contributed by atoms with Crippen LogP contribution in [0.1, 0.15) is 99.1 Å². The van der Waals surface area contributed by atoms with Gasteiger partial charge < -0.3 is 5.11 Å². The minimum atomic E-state index is 0. The number of carbonyl (C=O) groups is 1. The van der Waals surface area contributed by atoms with Gasteiger partial charge in [0.2, 0.25) is 0 Å². The molecule has 0 spiro atoms. The molecule has 0 atom stereocenters. The van der Waals surface area contributed by atoms with Gasteiger partial charge in [-0.15, -0.1) is 40.5 Å². The summed E-state index contributed by atoms with van der Waals surface area (Å²) >= 11 is 1.79. The second-order valence-corrected chi connectivity index (χ2v) is 15.2. The Kier molecular flexibility index (Phi) is 14.9. The number of hydrogen-bond donors (Lipinski definition) is 1. The Labute approximate surface area is 311 Å². The predicted molar refractivity (Wildman–Crippen MR) is 206 cm³/mol. The molecule has 0 aliphatic rings. The Morgan fingerprint density at radius 3 is 2.16 bits per heavy atom. The third-order valence-corrected chi connectivity index (χ3v) is 10.1. The van der Waals surface area contributed by atoms with Gasteiger partial charge in [-0.1, -0.05) is 91.5 Å². The van der Waals surface area contributed by atoms with Crippen LogP contribution in [0.3, 0.4) is 0 Å². The molecule has 49 heavy (non-hydrogen) atoms. The van der Waals surface area contributed by atoms with Gasteiger partial charge in [-0.2, -0.15) is 0 Å². The van der Waals surface area contributed by atoms with E-state index in [4.69, 9.17) is 0 Å². The third-order valence-electron chi connectivity index (χ3n) is 9.19. The Bertz CT molecular complexity index is 1860. The molecule has 0 aliphatic heterocycles. The van der Waals surface area contributed by atoms with Crippen LogP contribution in [0.5, 0.6) is 0 Å². The molecule has 0 unspecified atom stereocenters. The van der Waals surface area contributed by atoms with Gasteiger partial charge in [-0.25, -0.2) is 4.98 Å². The number of thiophene rings is 1. The van der Waals surface area contributed by atoms with Crippen LogP contribution in [-0.4, -0.2) is 20.9 Å². The molecule has 5 aromatic rings. The number of nitrogens with zero attached hydrogens (tertiary/aromatic N) is 2. The van der Waals surface area contributed by atoms with Gasteiger partial charge in [-0.3, -0.25) is 9.78 Å². The van der Waals surface area contributed by atoms with Crippen molar-refractivity contribution in [2.75, 3.05) is 0 Å². The van der Waals surface area contributed by atoms with Gasteiger partial charge in [0.25, 0.3) is 0 Å². The number of carbonyl (C=O) groups excluding carboxylic acids is 1. The SMILES string of the molecule is CC(C)Cc1cc(-c2cc(-c3[c-]c4ccccc4c(C(C)(C)C)c3)ncn2)cc2sccc12.CCC(CC)C(=O)/C=C(\O)C(CC)CC.[Ir]. The molecule has 0 fully saturated rings. The molecule has 2 heterocycles. The first-order chi connectivity index (χ1) is 22.9. The predicted octanol–water partition coefficient (Wildman–Crippen LogP) is 12.3. The Hall–Kier alpha value is -3.18. The van der Waals surface area contributed by atoms with E-state index < -0.39 is 0 Å². The standard InChI is InChI=1S/C30H29N2S.C13H24O2.Ir/c1-19(2)12-21-14-23(16-29-25(21)10-11-33-29)28-17-27(31-18-32-28)22-13-20-8-6-7-9-24(20)26(15-22)30(3,4)5;1-5-10(6-2)12(14)9-13(15)11(7-3)8-4;/h6-11,14-19H,12H2,1-5H3;9-11,14H,5-8H2,1-4H3;/q-1;;/b;12-9-;. The number of hydrogen-bond acceptors (Lipinski definition) is 5. The van der Waals surface area contributed by atoms with Gasteiger partial charge in [0.15, 0.2) is 5.78 Å². The molecule has 4 nitrogen and oxygen atoms in total. The summed E-state index contributed by atoms with van der Waals surface area (Å²) in [4.78, 5) is 21.0. The van der Waals surface area contributed by atoms with Gasteiger partial charge >= 0.3 is 0 Å². The van der Waals surface area contributed by atoms with Crippen molar-refractivity contribution in [1.29, 1.82) is 0 Å². The summed E-state index contributed by atoms with van der Waals surface area (Å²) in [6.07, 6.45) is 7.65. The van der Waals surface area contributed by atoms with Crippen LogP contribution in [0.25, 0.3) is 43.4 Å². The van der Waals surface area contributed by atoms with Gasteiger partial charge in [0.1, 0.15) is 6.33 Å². The largest absolute Gasteiger partial charge is 0.512 e. The normalized spacial score (nSPS) is 12.0. The quantitative estimate of drug-likeness (QED) is 0.0817. The summed E-state index contributed by atoms with van der Waals surface area (Å²) in [6, 6.07) is 23.3. The van der Waals surface area contributed by atoms with Crippen LogP contribution in [0.15, 0.2) is 78.1 Å². The molecule has 1 radical (unpaired) electrons. The number of benzene rings is 3. The van der Waals surface area contributed by atoms with E-state index in [1.165, 1.54) is 32.7 Å².